The Morgan fingerprint density at radius 3 is 2.06 bits per heavy atom. The van der Waals surface area contributed by atoms with Crippen molar-refractivity contribution in [1.29, 1.82) is 0 Å². The average Bonchev–Trinajstić information content (AvgIpc) is 3.64. The van der Waals surface area contributed by atoms with Crippen molar-refractivity contribution in [1.82, 2.24) is 8.61 Å². The Labute approximate surface area is 189 Å². The topological polar surface area (TPSA) is 104 Å². The van der Waals surface area contributed by atoms with Crippen molar-refractivity contribution >= 4 is 31.6 Å². The van der Waals surface area contributed by atoms with Crippen LogP contribution in [0.25, 0.3) is 0 Å². The molecule has 1 aliphatic carbocycles. The summed E-state index contributed by atoms with van der Waals surface area (Å²) in [6, 6.07) is 13.9. The first-order valence-electron chi connectivity index (χ1n) is 10.8. The van der Waals surface area contributed by atoms with Crippen LogP contribution in [0.4, 0.5) is 5.69 Å². The molecule has 1 heterocycles. The highest BCUT2D eigenvalue weighted by Crippen LogP contribution is 2.32. The Morgan fingerprint density at radius 1 is 0.875 bits per heavy atom. The highest BCUT2D eigenvalue weighted by atomic mass is 32.2. The molecule has 4 rings (SSSR count). The average molecular weight is 478 g/mol. The Hall–Kier alpha value is -2.27. The molecule has 2 aromatic carbocycles. The van der Waals surface area contributed by atoms with Crippen molar-refractivity contribution in [3.8, 4) is 0 Å². The number of carbonyl (C=O) groups is 1. The van der Waals surface area contributed by atoms with Crippen LogP contribution in [0.1, 0.15) is 32.1 Å². The Balaban J connectivity index is 1.51. The number of amides is 1. The van der Waals surface area contributed by atoms with Crippen LogP contribution in [0.5, 0.6) is 0 Å². The van der Waals surface area contributed by atoms with E-state index in [2.05, 4.69) is 5.32 Å². The summed E-state index contributed by atoms with van der Waals surface area (Å²) in [5.74, 6) is -0.420. The largest absolute Gasteiger partial charge is 0.325 e. The lowest BCUT2D eigenvalue weighted by atomic mass is 10.2. The zero-order valence-electron chi connectivity index (χ0n) is 17.7. The lowest BCUT2D eigenvalue weighted by Gasteiger charge is -2.26. The first-order valence-corrected chi connectivity index (χ1v) is 13.6. The molecular weight excluding hydrogens is 450 g/mol. The minimum absolute atomic E-state index is 0.0190. The molecule has 0 unspecified atom stereocenters. The van der Waals surface area contributed by atoms with E-state index in [4.69, 9.17) is 0 Å². The number of nitrogens with zero attached hydrogens (tertiary/aromatic N) is 2. The maximum absolute atomic E-state index is 13.3. The second-order valence-corrected chi connectivity index (χ2v) is 12.0. The van der Waals surface area contributed by atoms with Gasteiger partial charge in [0, 0.05) is 24.8 Å². The van der Waals surface area contributed by atoms with Gasteiger partial charge in [0.25, 0.3) is 0 Å². The number of anilines is 1. The minimum atomic E-state index is -3.95. The van der Waals surface area contributed by atoms with Gasteiger partial charge in [0.15, 0.2) is 0 Å². The summed E-state index contributed by atoms with van der Waals surface area (Å²) in [6.07, 6.45) is 4.05. The molecule has 0 aromatic heterocycles. The normalized spacial score (nSPS) is 17.9. The van der Waals surface area contributed by atoms with Gasteiger partial charge in [-0.25, -0.2) is 16.8 Å². The summed E-state index contributed by atoms with van der Waals surface area (Å²) in [7, 11) is -7.59. The Kier molecular flexibility index (Phi) is 6.66. The lowest BCUT2D eigenvalue weighted by molar-refractivity contribution is -0.116. The van der Waals surface area contributed by atoms with Crippen LogP contribution < -0.4 is 5.32 Å². The third-order valence-electron chi connectivity index (χ3n) is 5.69. The van der Waals surface area contributed by atoms with E-state index >= 15 is 0 Å². The van der Waals surface area contributed by atoms with Crippen molar-refractivity contribution < 1.29 is 21.6 Å². The number of sulfonamides is 2. The van der Waals surface area contributed by atoms with Crippen LogP contribution >= 0.6 is 0 Å². The molecule has 1 saturated heterocycles. The van der Waals surface area contributed by atoms with E-state index in [9.17, 15) is 21.6 Å². The van der Waals surface area contributed by atoms with Gasteiger partial charge in [-0.15, -0.1) is 0 Å². The van der Waals surface area contributed by atoms with Gasteiger partial charge >= 0.3 is 0 Å². The van der Waals surface area contributed by atoms with Crippen LogP contribution in [0.15, 0.2) is 64.4 Å². The summed E-state index contributed by atoms with van der Waals surface area (Å²) in [6.45, 7) is 0.665. The van der Waals surface area contributed by atoms with Crippen molar-refractivity contribution in [2.45, 2.75) is 47.9 Å². The summed E-state index contributed by atoms with van der Waals surface area (Å²) in [5, 5.41) is 2.71. The predicted molar refractivity (Wildman–Crippen MR) is 121 cm³/mol. The quantitative estimate of drug-likeness (QED) is 0.630. The van der Waals surface area contributed by atoms with E-state index in [0.717, 1.165) is 19.3 Å². The molecule has 10 heteroatoms. The fourth-order valence-electron chi connectivity index (χ4n) is 3.81. The second-order valence-electron chi connectivity index (χ2n) is 8.13. The van der Waals surface area contributed by atoms with Gasteiger partial charge in [0.1, 0.15) is 0 Å². The number of hydrogen-bond donors (Lipinski definition) is 1. The van der Waals surface area contributed by atoms with Gasteiger partial charge in [-0.05, 0) is 62.1 Å². The van der Waals surface area contributed by atoms with Gasteiger partial charge in [-0.2, -0.15) is 8.61 Å². The number of piperidine rings is 1. The van der Waals surface area contributed by atoms with Crippen LogP contribution in [-0.2, 0) is 24.8 Å². The monoisotopic (exact) mass is 477 g/mol. The second kappa shape index (κ2) is 9.30. The van der Waals surface area contributed by atoms with Crippen molar-refractivity contribution in [3.05, 3.63) is 54.6 Å². The van der Waals surface area contributed by atoms with Crippen LogP contribution in [0.3, 0.4) is 0 Å². The Morgan fingerprint density at radius 2 is 1.47 bits per heavy atom. The first kappa shape index (κ1) is 22.9. The highest BCUT2D eigenvalue weighted by Gasteiger charge is 2.39. The van der Waals surface area contributed by atoms with E-state index in [0.29, 0.717) is 31.6 Å². The van der Waals surface area contributed by atoms with E-state index in [1.165, 1.54) is 32.9 Å². The standard InChI is InChI=1S/C22H27N3O5S2/c26-22(23-18-7-3-1-4-8-18)17-25(19-9-10-19)32(29,30)21-13-11-20(12-14-21)31(27,28)24-15-5-2-6-16-24/h1,3-4,7-8,11-14,19H,2,5-6,9-10,15-17H2,(H,23,26). The number of benzene rings is 2. The Bertz CT molecular complexity index is 1160. The van der Waals surface area contributed by atoms with Crippen LogP contribution in [0.2, 0.25) is 0 Å². The highest BCUT2D eigenvalue weighted by molar-refractivity contribution is 7.89. The first-order chi connectivity index (χ1) is 15.3. The number of nitrogens with one attached hydrogen (secondary N) is 1. The summed E-state index contributed by atoms with van der Waals surface area (Å²) >= 11 is 0. The summed E-state index contributed by atoms with van der Waals surface area (Å²) < 4.78 is 54.8. The fraction of sp³-hybridized carbons (Fsp3) is 0.409. The molecule has 0 bridgehead atoms. The molecule has 172 valence electrons. The van der Waals surface area contributed by atoms with Gasteiger partial charge < -0.3 is 5.32 Å². The molecule has 1 amide bonds. The molecular formula is C22H27N3O5S2. The van der Waals surface area contributed by atoms with Crippen molar-refractivity contribution in [2.24, 2.45) is 0 Å². The summed E-state index contributed by atoms with van der Waals surface area (Å²) in [5.41, 5.74) is 0.595. The molecule has 2 aromatic rings. The molecule has 2 aliphatic rings. The molecule has 8 nitrogen and oxygen atoms in total. The smallest absolute Gasteiger partial charge is 0.243 e. The van der Waals surface area contributed by atoms with E-state index in [1.807, 2.05) is 6.07 Å². The van der Waals surface area contributed by atoms with Gasteiger partial charge in [0.05, 0.1) is 16.3 Å². The molecule has 1 N–H and O–H groups in total. The van der Waals surface area contributed by atoms with Crippen LogP contribution in [-0.4, -0.2) is 57.0 Å². The molecule has 1 aliphatic heterocycles. The number of rotatable bonds is 8. The van der Waals surface area contributed by atoms with Gasteiger partial charge in [-0.1, -0.05) is 24.6 Å². The third kappa shape index (κ3) is 5.03. The number of carbonyl (C=O) groups excluding carboxylic acids is 1. The number of hydrogen-bond acceptors (Lipinski definition) is 5. The SMILES string of the molecule is O=C(CN(C1CC1)S(=O)(=O)c1ccc(S(=O)(=O)N2CCCCC2)cc1)Nc1ccccc1. The van der Waals surface area contributed by atoms with Gasteiger partial charge in [0.2, 0.25) is 26.0 Å². The molecule has 0 spiro atoms. The zero-order valence-corrected chi connectivity index (χ0v) is 19.3. The predicted octanol–water partition coefficient (Wildman–Crippen LogP) is 2.65. The van der Waals surface area contributed by atoms with E-state index in [-0.39, 0.29) is 22.4 Å². The molecule has 32 heavy (non-hydrogen) atoms. The van der Waals surface area contributed by atoms with Crippen molar-refractivity contribution in [2.75, 3.05) is 25.0 Å². The molecule has 1 saturated carbocycles. The van der Waals surface area contributed by atoms with Gasteiger partial charge in [-0.3, -0.25) is 4.79 Å². The van der Waals surface area contributed by atoms with E-state index in [1.54, 1.807) is 24.3 Å². The lowest BCUT2D eigenvalue weighted by Crippen LogP contribution is -2.39. The zero-order chi connectivity index (χ0) is 22.8. The third-order valence-corrected chi connectivity index (χ3v) is 9.52. The maximum Gasteiger partial charge on any atom is 0.243 e. The summed E-state index contributed by atoms with van der Waals surface area (Å²) in [4.78, 5) is 12.6. The number of para-hydroxylation sites is 1. The molecule has 2 fully saturated rings. The minimum Gasteiger partial charge on any atom is -0.325 e. The van der Waals surface area contributed by atoms with Crippen LogP contribution in [0, 0.1) is 0 Å². The maximum atomic E-state index is 13.3. The van der Waals surface area contributed by atoms with E-state index < -0.39 is 26.0 Å². The van der Waals surface area contributed by atoms with Crippen molar-refractivity contribution in [3.63, 3.8) is 0 Å². The molecule has 0 atom stereocenters. The molecule has 0 radical (unpaired) electrons. The fourth-order valence-corrected chi connectivity index (χ4v) is 6.97.